The number of hydrogen-bond acceptors (Lipinski definition) is 7. The molecule has 0 aromatic carbocycles. The molecule has 9 heteroatoms. The molecule has 1 aliphatic rings. The highest BCUT2D eigenvalue weighted by Crippen LogP contribution is 2.30. The molecular weight excluding hydrogens is 368 g/mol. The third-order valence-electron chi connectivity index (χ3n) is 3.80. The first-order chi connectivity index (χ1) is 12.9. The molecule has 9 nitrogen and oxygen atoms in total. The first-order valence-corrected chi connectivity index (χ1v) is 9.25. The average Bonchev–Trinajstić information content (AvgIpc) is 2.85. The topological polar surface area (TPSA) is 94.6 Å². The molecule has 160 valence electrons. The van der Waals surface area contributed by atoms with Gasteiger partial charge < -0.3 is 18.9 Å². The first kappa shape index (κ1) is 23.7. The van der Waals surface area contributed by atoms with Crippen molar-refractivity contribution in [3.8, 4) is 0 Å². The standard InChI is InChI=1S/C19H32N2O7/c1-8-10-26-16(23)20(12-15(22)25-9-2)11-14-13-27-19(6,7)21(14)17(24)28-18(3,4)5/h8,14H,1,9-13H2,2-7H3/t14-/m1/s1. The van der Waals surface area contributed by atoms with Crippen LogP contribution in [-0.2, 0) is 23.7 Å². The number of hydrogen-bond donors (Lipinski definition) is 0. The normalized spacial score (nSPS) is 18.4. The zero-order valence-electron chi connectivity index (χ0n) is 17.6. The van der Waals surface area contributed by atoms with Gasteiger partial charge in [0.2, 0.25) is 0 Å². The van der Waals surface area contributed by atoms with Crippen molar-refractivity contribution in [3.63, 3.8) is 0 Å². The van der Waals surface area contributed by atoms with E-state index >= 15 is 0 Å². The summed E-state index contributed by atoms with van der Waals surface area (Å²) in [7, 11) is 0. The van der Waals surface area contributed by atoms with Crippen molar-refractivity contribution in [1.82, 2.24) is 9.80 Å². The highest BCUT2D eigenvalue weighted by Gasteiger charge is 2.46. The van der Waals surface area contributed by atoms with Crippen LogP contribution in [0.5, 0.6) is 0 Å². The lowest BCUT2D eigenvalue weighted by molar-refractivity contribution is -0.144. The quantitative estimate of drug-likeness (QED) is 0.368. The number of amides is 2. The van der Waals surface area contributed by atoms with E-state index in [1.807, 2.05) is 0 Å². The van der Waals surface area contributed by atoms with E-state index < -0.39 is 35.5 Å². The van der Waals surface area contributed by atoms with Crippen molar-refractivity contribution < 1.29 is 33.3 Å². The fourth-order valence-electron chi connectivity index (χ4n) is 2.74. The van der Waals surface area contributed by atoms with Crippen LogP contribution in [-0.4, -0.2) is 78.2 Å². The zero-order valence-corrected chi connectivity index (χ0v) is 17.6. The van der Waals surface area contributed by atoms with E-state index in [1.54, 1.807) is 41.5 Å². The highest BCUT2D eigenvalue weighted by atomic mass is 16.6. The van der Waals surface area contributed by atoms with Crippen molar-refractivity contribution >= 4 is 18.2 Å². The molecule has 0 aromatic heterocycles. The number of carbonyl (C=O) groups is 3. The van der Waals surface area contributed by atoms with Crippen LogP contribution >= 0.6 is 0 Å². The van der Waals surface area contributed by atoms with Gasteiger partial charge in [0.25, 0.3) is 0 Å². The molecule has 1 atom stereocenters. The van der Waals surface area contributed by atoms with Crippen molar-refractivity contribution in [1.29, 1.82) is 0 Å². The maximum absolute atomic E-state index is 12.7. The van der Waals surface area contributed by atoms with Crippen LogP contribution in [0.4, 0.5) is 9.59 Å². The fraction of sp³-hybridized carbons (Fsp3) is 0.737. The van der Waals surface area contributed by atoms with Crippen LogP contribution < -0.4 is 0 Å². The van der Waals surface area contributed by atoms with Crippen molar-refractivity contribution in [2.45, 2.75) is 58.9 Å². The summed E-state index contributed by atoms with van der Waals surface area (Å²) in [6.45, 7) is 14.0. The molecule has 0 N–H and O–H groups in total. The minimum Gasteiger partial charge on any atom is -0.465 e. The number of nitrogens with zero attached hydrogens (tertiary/aromatic N) is 2. The van der Waals surface area contributed by atoms with E-state index in [2.05, 4.69) is 6.58 Å². The first-order valence-electron chi connectivity index (χ1n) is 9.25. The summed E-state index contributed by atoms with van der Waals surface area (Å²) in [6.07, 6.45) is 0.159. The Balaban J connectivity index is 2.99. The third kappa shape index (κ3) is 7.03. The Morgan fingerprint density at radius 3 is 2.46 bits per heavy atom. The Labute approximate surface area is 166 Å². The van der Waals surface area contributed by atoms with Crippen LogP contribution in [0.1, 0.15) is 41.5 Å². The largest absolute Gasteiger partial charge is 0.465 e. The summed E-state index contributed by atoms with van der Waals surface area (Å²) in [5.41, 5.74) is -1.61. The smallest absolute Gasteiger partial charge is 0.412 e. The van der Waals surface area contributed by atoms with Crippen molar-refractivity contribution in [3.05, 3.63) is 12.7 Å². The number of carbonyl (C=O) groups excluding carboxylic acids is 3. The Morgan fingerprint density at radius 1 is 1.29 bits per heavy atom. The summed E-state index contributed by atoms with van der Waals surface area (Å²) >= 11 is 0. The molecule has 0 unspecified atom stereocenters. The molecule has 1 rings (SSSR count). The van der Waals surface area contributed by atoms with Gasteiger partial charge in [-0.2, -0.15) is 0 Å². The SMILES string of the molecule is C=CCOC(=O)N(CC(=O)OCC)C[C@@H]1COC(C)(C)N1C(=O)OC(C)(C)C. The van der Waals surface area contributed by atoms with Crippen molar-refractivity contribution in [2.24, 2.45) is 0 Å². The van der Waals surface area contributed by atoms with E-state index in [0.29, 0.717) is 0 Å². The minimum atomic E-state index is -0.923. The maximum atomic E-state index is 12.7. The summed E-state index contributed by atoms with van der Waals surface area (Å²) < 4.78 is 21.2. The molecule has 0 aromatic rings. The molecule has 0 radical (unpaired) electrons. The number of esters is 1. The van der Waals surface area contributed by atoms with E-state index in [4.69, 9.17) is 18.9 Å². The Hall–Kier alpha value is -2.29. The second kappa shape index (κ2) is 9.77. The second-order valence-electron chi connectivity index (χ2n) is 7.81. The minimum absolute atomic E-state index is 0.000594. The summed E-state index contributed by atoms with van der Waals surface area (Å²) in [5, 5.41) is 0. The molecule has 2 amide bonds. The Kier molecular flexibility index (Phi) is 8.29. The maximum Gasteiger partial charge on any atom is 0.412 e. The predicted molar refractivity (Wildman–Crippen MR) is 102 cm³/mol. The molecule has 1 fully saturated rings. The van der Waals surface area contributed by atoms with Crippen LogP contribution in [0.2, 0.25) is 0 Å². The monoisotopic (exact) mass is 400 g/mol. The predicted octanol–water partition coefficient (Wildman–Crippen LogP) is 2.55. The molecule has 1 saturated heterocycles. The molecule has 0 saturated carbocycles. The third-order valence-corrected chi connectivity index (χ3v) is 3.80. The second-order valence-corrected chi connectivity index (χ2v) is 7.81. The zero-order chi connectivity index (χ0) is 21.5. The van der Waals surface area contributed by atoms with E-state index in [9.17, 15) is 14.4 Å². The number of ether oxygens (including phenoxy) is 4. The van der Waals surface area contributed by atoms with Gasteiger partial charge in [0.15, 0.2) is 0 Å². The number of rotatable bonds is 7. The van der Waals surface area contributed by atoms with Gasteiger partial charge in [-0.25, -0.2) is 9.59 Å². The van der Waals surface area contributed by atoms with Gasteiger partial charge in [-0.05, 0) is 41.5 Å². The van der Waals surface area contributed by atoms with Gasteiger partial charge in [-0.15, -0.1) is 0 Å². The molecule has 28 heavy (non-hydrogen) atoms. The van der Waals surface area contributed by atoms with E-state index in [-0.39, 0.29) is 32.9 Å². The van der Waals surface area contributed by atoms with Gasteiger partial charge in [-0.3, -0.25) is 14.6 Å². The fourth-order valence-corrected chi connectivity index (χ4v) is 2.74. The van der Waals surface area contributed by atoms with Gasteiger partial charge in [-0.1, -0.05) is 12.7 Å². The Bertz CT molecular complexity index is 583. The van der Waals surface area contributed by atoms with Crippen LogP contribution in [0.3, 0.4) is 0 Å². The van der Waals surface area contributed by atoms with Gasteiger partial charge in [0.05, 0.1) is 19.3 Å². The molecule has 1 aliphatic heterocycles. The van der Waals surface area contributed by atoms with Crippen LogP contribution in [0, 0.1) is 0 Å². The van der Waals surface area contributed by atoms with Crippen molar-refractivity contribution in [2.75, 3.05) is 32.9 Å². The molecule has 0 spiro atoms. The van der Waals surface area contributed by atoms with Gasteiger partial charge in [0, 0.05) is 6.54 Å². The lowest BCUT2D eigenvalue weighted by Crippen LogP contribution is -2.54. The van der Waals surface area contributed by atoms with Crippen LogP contribution in [0.25, 0.3) is 0 Å². The molecule has 1 heterocycles. The summed E-state index contributed by atoms with van der Waals surface area (Å²) in [4.78, 5) is 39.6. The highest BCUT2D eigenvalue weighted by molar-refractivity contribution is 5.78. The Morgan fingerprint density at radius 2 is 1.93 bits per heavy atom. The van der Waals surface area contributed by atoms with E-state index in [1.165, 1.54) is 15.9 Å². The van der Waals surface area contributed by atoms with E-state index in [0.717, 1.165) is 0 Å². The van der Waals surface area contributed by atoms with Gasteiger partial charge >= 0.3 is 18.2 Å². The lowest BCUT2D eigenvalue weighted by Gasteiger charge is -2.36. The molecular formula is C19H32N2O7. The van der Waals surface area contributed by atoms with Crippen LogP contribution in [0.15, 0.2) is 12.7 Å². The average molecular weight is 400 g/mol. The molecule has 0 bridgehead atoms. The summed E-state index contributed by atoms with van der Waals surface area (Å²) in [6, 6.07) is -0.518. The lowest BCUT2D eigenvalue weighted by atomic mass is 10.2. The summed E-state index contributed by atoms with van der Waals surface area (Å²) in [5.74, 6) is -0.569. The van der Waals surface area contributed by atoms with Gasteiger partial charge in [0.1, 0.15) is 24.5 Å². The molecule has 0 aliphatic carbocycles.